The van der Waals surface area contributed by atoms with Gasteiger partial charge in [0.15, 0.2) is 0 Å². The first kappa shape index (κ1) is 15.4. The van der Waals surface area contributed by atoms with Gasteiger partial charge in [0.1, 0.15) is 17.6 Å². The van der Waals surface area contributed by atoms with E-state index in [9.17, 15) is 13.6 Å². The zero-order chi connectivity index (χ0) is 14.5. The van der Waals surface area contributed by atoms with Crippen molar-refractivity contribution in [2.75, 3.05) is 6.54 Å². The van der Waals surface area contributed by atoms with Gasteiger partial charge in [-0.25, -0.2) is 13.6 Å². The van der Waals surface area contributed by atoms with Gasteiger partial charge in [-0.15, -0.1) is 0 Å². The molecule has 0 spiro atoms. The van der Waals surface area contributed by atoms with Crippen LogP contribution in [0.4, 0.5) is 13.6 Å². The monoisotopic (exact) mass is 271 g/mol. The van der Waals surface area contributed by atoms with Gasteiger partial charge in [0, 0.05) is 6.42 Å². The minimum atomic E-state index is -1.28. The van der Waals surface area contributed by atoms with Gasteiger partial charge in [-0.2, -0.15) is 0 Å². The number of nitrogens with one attached hydrogen (secondary N) is 1. The molecule has 3 nitrogen and oxygen atoms in total. The summed E-state index contributed by atoms with van der Waals surface area (Å²) < 4.78 is 31.5. The van der Waals surface area contributed by atoms with Gasteiger partial charge in [0.05, 0.1) is 6.54 Å². The van der Waals surface area contributed by atoms with Gasteiger partial charge >= 0.3 is 6.09 Å². The van der Waals surface area contributed by atoms with Crippen LogP contribution in [-0.2, 0) is 11.2 Å². The Kier molecular flexibility index (Phi) is 5.27. The summed E-state index contributed by atoms with van der Waals surface area (Å²) >= 11 is 0. The van der Waals surface area contributed by atoms with Crippen molar-refractivity contribution in [1.82, 2.24) is 5.32 Å². The van der Waals surface area contributed by atoms with E-state index in [-0.39, 0.29) is 13.0 Å². The van der Waals surface area contributed by atoms with Crippen molar-refractivity contribution in [3.8, 4) is 0 Å². The van der Waals surface area contributed by atoms with Crippen molar-refractivity contribution < 1.29 is 18.3 Å². The molecule has 1 unspecified atom stereocenters. The molecule has 19 heavy (non-hydrogen) atoms. The molecule has 1 aromatic carbocycles. The summed E-state index contributed by atoms with van der Waals surface area (Å²) in [4.78, 5) is 11.3. The zero-order valence-corrected chi connectivity index (χ0v) is 11.4. The number of ether oxygens (including phenoxy) is 1. The number of carbonyl (C=O) groups is 1. The summed E-state index contributed by atoms with van der Waals surface area (Å²) in [5.74, 6) is -0.398. The second-order valence-electron chi connectivity index (χ2n) is 5.31. The molecule has 1 N–H and O–H groups in total. The fourth-order valence-electron chi connectivity index (χ4n) is 1.50. The molecule has 1 rings (SSSR count). The number of alkyl carbamates (subject to hydrolysis) is 1. The van der Waals surface area contributed by atoms with Crippen molar-refractivity contribution in [3.63, 3.8) is 0 Å². The number of hydrogen-bond acceptors (Lipinski definition) is 2. The Morgan fingerprint density at radius 1 is 1.42 bits per heavy atom. The number of benzene rings is 1. The smallest absolute Gasteiger partial charge is 0.407 e. The number of hydrogen-bond donors (Lipinski definition) is 1. The van der Waals surface area contributed by atoms with Crippen LogP contribution in [0.3, 0.4) is 0 Å². The van der Waals surface area contributed by atoms with E-state index in [1.807, 2.05) is 0 Å². The number of amides is 1. The predicted molar refractivity (Wildman–Crippen MR) is 69.2 cm³/mol. The molecule has 1 amide bonds. The molecule has 0 aliphatic heterocycles. The van der Waals surface area contributed by atoms with Crippen molar-refractivity contribution in [2.45, 2.75) is 39.0 Å². The maximum Gasteiger partial charge on any atom is 0.407 e. The van der Waals surface area contributed by atoms with Gasteiger partial charge in [-0.1, -0.05) is 12.1 Å². The maximum atomic E-state index is 13.6. The molecule has 0 aliphatic rings. The van der Waals surface area contributed by atoms with Crippen molar-refractivity contribution in [2.24, 2.45) is 0 Å². The lowest BCUT2D eigenvalue weighted by molar-refractivity contribution is 0.0513. The summed E-state index contributed by atoms with van der Waals surface area (Å²) in [5.41, 5.74) is -0.0585. The number of rotatable bonds is 4. The van der Waals surface area contributed by atoms with E-state index in [4.69, 9.17) is 4.74 Å². The van der Waals surface area contributed by atoms with E-state index < -0.39 is 23.7 Å². The third-order valence-electron chi connectivity index (χ3n) is 2.21. The standard InChI is InChI=1S/C14H19F2NO2/c1-14(2,3)19-13(18)17-9-12(16)8-10-5-4-6-11(15)7-10/h4-7,12H,8-9H2,1-3H3,(H,17,18). The summed E-state index contributed by atoms with van der Waals surface area (Å²) in [5, 5.41) is 2.34. The average Bonchev–Trinajstić information content (AvgIpc) is 2.24. The summed E-state index contributed by atoms with van der Waals surface area (Å²) in [6, 6.07) is 5.75. The van der Waals surface area contributed by atoms with Crippen LogP contribution < -0.4 is 5.32 Å². The van der Waals surface area contributed by atoms with Crippen LogP contribution in [0.5, 0.6) is 0 Å². The van der Waals surface area contributed by atoms with Crippen LogP contribution in [0.2, 0.25) is 0 Å². The fraction of sp³-hybridized carbons (Fsp3) is 0.500. The SMILES string of the molecule is CC(C)(C)OC(=O)NCC(F)Cc1cccc(F)c1. The highest BCUT2D eigenvalue weighted by Gasteiger charge is 2.17. The maximum absolute atomic E-state index is 13.6. The number of alkyl halides is 1. The quantitative estimate of drug-likeness (QED) is 0.913. The Hall–Kier alpha value is -1.65. The van der Waals surface area contributed by atoms with Crippen LogP contribution in [0.15, 0.2) is 24.3 Å². The Morgan fingerprint density at radius 3 is 2.68 bits per heavy atom. The van der Waals surface area contributed by atoms with Crippen molar-refractivity contribution in [1.29, 1.82) is 0 Å². The lowest BCUT2D eigenvalue weighted by Crippen LogP contribution is -2.36. The Morgan fingerprint density at radius 2 is 2.11 bits per heavy atom. The molecule has 0 fully saturated rings. The van der Waals surface area contributed by atoms with Crippen LogP contribution in [0, 0.1) is 5.82 Å². The highest BCUT2D eigenvalue weighted by Crippen LogP contribution is 2.09. The minimum Gasteiger partial charge on any atom is -0.444 e. The number of carbonyl (C=O) groups excluding carboxylic acids is 1. The Labute approximate surface area is 112 Å². The molecule has 0 aromatic heterocycles. The van der Waals surface area contributed by atoms with Crippen LogP contribution in [0.25, 0.3) is 0 Å². The molecular weight excluding hydrogens is 252 g/mol. The first-order valence-corrected chi connectivity index (χ1v) is 6.11. The number of halogens is 2. The molecule has 0 saturated heterocycles. The van der Waals surface area contributed by atoms with Crippen LogP contribution in [0.1, 0.15) is 26.3 Å². The van der Waals surface area contributed by atoms with Crippen molar-refractivity contribution in [3.05, 3.63) is 35.6 Å². The lowest BCUT2D eigenvalue weighted by atomic mass is 10.1. The summed E-state index contributed by atoms with van der Waals surface area (Å²) in [6.07, 6.45) is -1.89. The topological polar surface area (TPSA) is 38.3 Å². The van der Waals surface area contributed by atoms with E-state index in [2.05, 4.69) is 5.32 Å². The molecule has 0 saturated carbocycles. The Bertz CT molecular complexity index is 430. The largest absolute Gasteiger partial charge is 0.444 e. The molecule has 5 heteroatoms. The van der Waals surface area contributed by atoms with Gasteiger partial charge in [-0.3, -0.25) is 0 Å². The molecule has 0 radical (unpaired) electrons. The average molecular weight is 271 g/mol. The highest BCUT2D eigenvalue weighted by atomic mass is 19.1. The van der Waals surface area contributed by atoms with Crippen LogP contribution >= 0.6 is 0 Å². The lowest BCUT2D eigenvalue weighted by Gasteiger charge is -2.20. The molecule has 0 bridgehead atoms. The highest BCUT2D eigenvalue weighted by molar-refractivity contribution is 5.67. The van der Waals surface area contributed by atoms with Crippen molar-refractivity contribution >= 4 is 6.09 Å². The van der Waals surface area contributed by atoms with Gasteiger partial charge in [0.25, 0.3) is 0 Å². The first-order chi connectivity index (χ1) is 8.76. The molecule has 0 heterocycles. The third kappa shape index (κ3) is 6.74. The van der Waals surface area contributed by atoms with Crippen LogP contribution in [-0.4, -0.2) is 24.4 Å². The second kappa shape index (κ2) is 6.50. The minimum absolute atomic E-state index is 0.0492. The molecule has 0 aliphatic carbocycles. The molecular formula is C14H19F2NO2. The van der Waals surface area contributed by atoms with Gasteiger partial charge in [0.2, 0.25) is 0 Å². The fourth-order valence-corrected chi connectivity index (χ4v) is 1.50. The summed E-state index contributed by atoms with van der Waals surface area (Å²) in [7, 11) is 0. The first-order valence-electron chi connectivity index (χ1n) is 6.11. The third-order valence-corrected chi connectivity index (χ3v) is 2.21. The second-order valence-corrected chi connectivity index (χ2v) is 5.31. The zero-order valence-electron chi connectivity index (χ0n) is 11.4. The van der Waals surface area contributed by atoms with E-state index >= 15 is 0 Å². The Balaban J connectivity index is 2.36. The molecule has 106 valence electrons. The van der Waals surface area contributed by atoms with Gasteiger partial charge in [-0.05, 0) is 38.5 Å². The summed E-state index contributed by atoms with van der Waals surface area (Å²) in [6.45, 7) is 5.02. The predicted octanol–water partition coefficient (Wildman–Crippen LogP) is 3.23. The van der Waals surface area contributed by atoms with E-state index in [1.165, 1.54) is 18.2 Å². The molecule has 1 aromatic rings. The van der Waals surface area contributed by atoms with E-state index in [0.717, 1.165) is 0 Å². The molecule has 1 atom stereocenters. The normalized spacial score (nSPS) is 12.9. The van der Waals surface area contributed by atoms with E-state index in [0.29, 0.717) is 5.56 Å². The van der Waals surface area contributed by atoms with E-state index in [1.54, 1.807) is 26.8 Å². The van der Waals surface area contributed by atoms with Gasteiger partial charge < -0.3 is 10.1 Å².